The number of benzene rings is 2. The average Bonchev–Trinajstić information content (AvgIpc) is 2.84. The molecule has 0 aliphatic rings. The van der Waals surface area contributed by atoms with Gasteiger partial charge < -0.3 is 10.6 Å². The number of pyridine rings is 2. The molecule has 0 aliphatic heterocycles. The van der Waals surface area contributed by atoms with E-state index in [1.165, 1.54) is 12.3 Å². The van der Waals surface area contributed by atoms with Crippen LogP contribution >= 0.6 is 0 Å². The number of nitrogens with zero attached hydrogens (tertiary/aromatic N) is 2. The fourth-order valence-corrected chi connectivity index (χ4v) is 3.72. The normalized spacial score (nSPS) is 11.1. The average molecular weight is 490 g/mol. The van der Waals surface area contributed by atoms with Gasteiger partial charge in [-0.2, -0.15) is 13.2 Å². The molecule has 9 heteroatoms. The fourth-order valence-electron chi connectivity index (χ4n) is 3.72. The Hall–Kier alpha value is -4.53. The van der Waals surface area contributed by atoms with E-state index in [2.05, 4.69) is 20.6 Å². The zero-order valence-corrected chi connectivity index (χ0v) is 19.4. The molecule has 0 aliphatic carbocycles. The maximum Gasteiger partial charge on any atom is 0.418 e. The second-order valence-corrected chi connectivity index (χ2v) is 8.12. The molecule has 36 heavy (non-hydrogen) atoms. The number of rotatable bonds is 5. The van der Waals surface area contributed by atoms with Crippen LogP contribution in [0.5, 0.6) is 0 Å². The van der Waals surface area contributed by atoms with Gasteiger partial charge in [-0.05, 0) is 55.0 Å². The smallest absolute Gasteiger partial charge is 0.326 e. The molecule has 0 saturated carbocycles. The van der Waals surface area contributed by atoms with E-state index in [1.807, 2.05) is 31.2 Å². The molecule has 0 atom stereocenters. The SMILES string of the molecule is CC(=O)Nc1ccc(NC(=O)c2cnc(-c3cccc(C)c3)c(-c3ccncc3)c2)cc1C(F)(F)F. The molecule has 2 N–H and O–H groups in total. The number of hydrogen-bond acceptors (Lipinski definition) is 4. The number of hydrogen-bond donors (Lipinski definition) is 2. The van der Waals surface area contributed by atoms with Crippen molar-refractivity contribution in [2.75, 3.05) is 10.6 Å². The van der Waals surface area contributed by atoms with Gasteiger partial charge in [-0.25, -0.2) is 0 Å². The number of carbonyl (C=O) groups excluding carboxylic acids is 2. The third-order valence-electron chi connectivity index (χ3n) is 5.33. The Balaban J connectivity index is 1.71. The van der Waals surface area contributed by atoms with E-state index in [0.29, 0.717) is 11.3 Å². The summed E-state index contributed by atoms with van der Waals surface area (Å²) >= 11 is 0. The van der Waals surface area contributed by atoms with Crippen molar-refractivity contribution in [2.45, 2.75) is 20.0 Å². The number of anilines is 2. The molecule has 0 saturated heterocycles. The lowest BCUT2D eigenvalue weighted by atomic mass is 9.97. The maximum absolute atomic E-state index is 13.5. The van der Waals surface area contributed by atoms with Gasteiger partial charge in [-0.15, -0.1) is 0 Å². The standard InChI is InChI=1S/C27H21F3N4O2/c1-16-4-3-5-19(12-16)25-22(18-8-10-31-11-9-18)13-20(15-32-25)26(36)34-21-6-7-24(33-17(2)35)23(14-21)27(28,29)30/h3-15H,1-2H3,(H,33,35)(H,34,36). The predicted octanol–water partition coefficient (Wildman–Crippen LogP) is 6.35. The number of carbonyl (C=O) groups is 2. The maximum atomic E-state index is 13.5. The summed E-state index contributed by atoms with van der Waals surface area (Å²) in [6.45, 7) is 3.08. The molecule has 6 nitrogen and oxygen atoms in total. The van der Waals surface area contributed by atoms with Gasteiger partial charge in [-0.3, -0.25) is 19.6 Å². The van der Waals surface area contributed by atoms with Gasteiger partial charge in [0.1, 0.15) is 0 Å². The van der Waals surface area contributed by atoms with Gasteiger partial charge >= 0.3 is 6.18 Å². The summed E-state index contributed by atoms with van der Waals surface area (Å²) in [5.41, 5.74) is 2.64. The van der Waals surface area contributed by atoms with Crippen LogP contribution in [-0.4, -0.2) is 21.8 Å². The first-order valence-electron chi connectivity index (χ1n) is 10.9. The molecule has 182 valence electrons. The van der Waals surface area contributed by atoms with Gasteiger partial charge in [0, 0.05) is 42.3 Å². The van der Waals surface area contributed by atoms with E-state index in [0.717, 1.165) is 35.7 Å². The first-order valence-corrected chi connectivity index (χ1v) is 10.9. The van der Waals surface area contributed by atoms with E-state index < -0.39 is 29.2 Å². The van der Waals surface area contributed by atoms with E-state index >= 15 is 0 Å². The summed E-state index contributed by atoms with van der Waals surface area (Å²) in [6.07, 6.45) is -0.104. The van der Waals surface area contributed by atoms with Crippen LogP contribution in [0.1, 0.15) is 28.4 Å². The van der Waals surface area contributed by atoms with E-state index in [-0.39, 0.29) is 11.3 Å². The lowest BCUT2D eigenvalue weighted by molar-refractivity contribution is -0.136. The molecule has 0 bridgehead atoms. The Morgan fingerprint density at radius 3 is 2.31 bits per heavy atom. The summed E-state index contributed by atoms with van der Waals surface area (Å²) in [7, 11) is 0. The lowest BCUT2D eigenvalue weighted by Crippen LogP contribution is -2.16. The van der Waals surface area contributed by atoms with Gasteiger partial charge in [0.2, 0.25) is 5.91 Å². The van der Waals surface area contributed by atoms with E-state index in [9.17, 15) is 22.8 Å². The number of aromatic nitrogens is 2. The Morgan fingerprint density at radius 1 is 0.889 bits per heavy atom. The van der Waals surface area contributed by atoms with E-state index in [4.69, 9.17) is 0 Å². The van der Waals surface area contributed by atoms with Gasteiger partial charge in [0.05, 0.1) is 22.5 Å². The van der Waals surface area contributed by atoms with Crippen molar-refractivity contribution >= 4 is 23.2 Å². The van der Waals surface area contributed by atoms with Crippen molar-refractivity contribution in [2.24, 2.45) is 0 Å². The van der Waals surface area contributed by atoms with E-state index in [1.54, 1.807) is 30.6 Å². The van der Waals surface area contributed by atoms with Crippen LogP contribution in [0.25, 0.3) is 22.4 Å². The van der Waals surface area contributed by atoms with Gasteiger partial charge in [-0.1, -0.05) is 23.8 Å². The van der Waals surface area contributed by atoms with Crippen molar-refractivity contribution in [3.8, 4) is 22.4 Å². The highest BCUT2D eigenvalue weighted by molar-refractivity contribution is 6.05. The topological polar surface area (TPSA) is 84.0 Å². The summed E-state index contributed by atoms with van der Waals surface area (Å²) < 4.78 is 40.6. The van der Waals surface area contributed by atoms with Crippen LogP contribution < -0.4 is 10.6 Å². The summed E-state index contributed by atoms with van der Waals surface area (Å²) in [4.78, 5) is 32.8. The molecule has 2 heterocycles. The van der Waals surface area contributed by atoms with Crippen molar-refractivity contribution in [3.63, 3.8) is 0 Å². The van der Waals surface area contributed by atoms with Crippen LogP contribution in [0.2, 0.25) is 0 Å². The Kier molecular flexibility index (Phi) is 6.82. The van der Waals surface area contributed by atoms with Crippen molar-refractivity contribution < 1.29 is 22.8 Å². The zero-order valence-electron chi connectivity index (χ0n) is 19.4. The molecule has 4 rings (SSSR count). The molecule has 2 aromatic heterocycles. The molecule has 2 amide bonds. The quantitative estimate of drug-likeness (QED) is 0.342. The molecule has 0 radical (unpaired) electrons. The third-order valence-corrected chi connectivity index (χ3v) is 5.33. The van der Waals surface area contributed by atoms with Crippen molar-refractivity contribution in [1.29, 1.82) is 0 Å². The largest absolute Gasteiger partial charge is 0.418 e. The van der Waals surface area contributed by atoms with Crippen LogP contribution in [0.3, 0.4) is 0 Å². The van der Waals surface area contributed by atoms with Crippen molar-refractivity contribution in [1.82, 2.24) is 9.97 Å². The molecule has 0 fully saturated rings. The molecule has 4 aromatic rings. The Morgan fingerprint density at radius 2 is 1.64 bits per heavy atom. The molecule has 0 unspecified atom stereocenters. The van der Waals surface area contributed by atoms with Crippen LogP contribution in [0, 0.1) is 6.92 Å². The highest BCUT2D eigenvalue weighted by Gasteiger charge is 2.34. The number of halogens is 3. The zero-order chi connectivity index (χ0) is 25.9. The Bertz CT molecular complexity index is 1440. The second kappa shape index (κ2) is 9.99. The summed E-state index contributed by atoms with van der Waals surface area (Å²) in [5.74, 6) is -1.27. The minimum absolute atomic E-state index is 0.0744. The minimum Gasteiger partial charge on any atom is -0.326 e. The number of aryl methyl sites for hydroxylation is 1. The summed E-state index contributed by atoms with van der Waals surface area (Å²) in [5, 5.41) is 4.65. The number of nitrogens with one attached hydrogen (secondary N) is 2. The number of alkyl halides is 3. The Labute approximate surface area is 205 Å². The number of amides is 2. The molecular formula is C27H21F3N4O2. The van der Waals surface area contributed by atoms with Crippen LogP contribution in [-0.2, 0) is 11.0 Å². The first-order chi connectivity index (χ1) is 17.1. The molecule has 2 aromatic carbocycles. The molecular weight excluding hydrogens is 469 g/mol. The minimum atomic E-state index is -4.73. The third kappa shape index (κ3) is 5.57. The summed E-state index contributed by atoms with van der Waals surface area (Å²) in [6, 6.07) is 16.1. The predicted molar refractivity (Wildman–Crippen MR) is 131 cm³/mol. The first kappa shape index (κ1) is 24.6. The van der Waals surface area contributed by atoms with Crippen molar-refractivity contribution in [3.05, 3.63) is 95.9 Å². The van der Waals surface area contributed by atoms with Gasteiger partial charge in [0.25, 0.3) is 5.91 Å². The monoisotopic (exact) mass is 490 g/mol. The highest BCUT2D eigenvalue weighted by Crippen LogP contribution is 2.37. The highest BCUT2D eigenvalue weighted by atomic mass is 19.4. The van der Waals surface area contributed by atoms with Gasteiger partial charge in [0.15, 0.2) is 0 Å². The van der Waals surface area contributed by atoms with Crippen LogP contribution in [0.4, 0.5) is 24.5 Å². The molecule has 0 spiro atoms. The fraction of sp³-hybridized carbons (Fsp3) is 0.111. The second-order valence-electron chi connectivity index (χ2n) is 8.12. The lowest BCUT2D eigenvalue weighted by Gasteiger charge is -2.16. The van der Waals surface area contributed by atoms with Crippen LogP contribution in [0.15, 0.2) is 79.3 Å².